The highest BCUT2D eigenvalue weighted by Crippen LogP contribution is 2.34. The van der Waals surface area contributed by atoms with Gasteiger partial charge in [-0.25, -0.2) is 23.8 Å². The van der Waals surface area contributed by atoms with Crippen LogP contribution in [0.2, 0.25) is 5.02 Å². The molecule has 2 aliphatic heterocycles. The number of thiophene rings is 1. The Kier molecular flexibility index (Phi) is 8.90. The molecule has 0 saturated carbocycles. The maximum atomic E-state index is 11.9. The number of nitrogens with zero attached hydrogens (tertiary/aromatic N) is 8. The molecule has 5 aromatic rings. The van der Waals surface area contributed by atoms with Crippen LogP contribution in [0.5, 0.6) is 0 Å². The Morgan fingerprint density at radius 3 is 2.54 bits per heavy atom. The molecule has 0 radical (unpaired) electrons. The third kappa shape index (κ3) is 6.87. The number of piperazine rings is 1. The summed E-state index contributed by atoms with van der Waals surface area (Å²) >= 11 is 7.95. The fourth-order valence-corrected chi connectivity index (χ4v) is 8.04. The van der Waals surface area contributed by atoms with Crippen LogP contribution in [-0.4, -0.2) is 102 Å². The molecule has 240 valence electrons. The summed E-state index contributed by atoms with van der Waals surface area (Å²) in [7, 11) is -3.17. The van der Waals surface area contributed by atoms with Crippen LogP contribution in [0.4, 0.5) is 11.8 Å². The summed E-state index contributed by atoms with van der Waals surface area (Å²) in [4.78, 5) is 20.2. The fourth-order valence-electron chi connectivity index (χ4n) is 5.85. The highest BCUT2D eigenvalue weighted by atomic mass is 35.5. The Bertz CT molecular complexity index is 2000. The van der Waals surface area contributed by atoms with Gasteiger partial charge < -0.3 is 14.2 Å². The normalized spacial score (nSPS) is 17.0. The Labute approximate surface area is 276 Å². The van der Waals surface area contributed by atoms with E-state index in [1.165, 1.54) is 6.26 Å². The summed E-state index contributed by atoms with van der Waals surface area (Å²) in [5.74, 6) is 1.95. The highest BCUT2D eigenvalue weighted by Gasteiger charge is 2.25. The van der Waals surface area contributed by atoms with Crippen molar-refractivity contribution in [2.45, 2.75) is 13.1 Å². The van der Waals surface area contributed by atoms with Crippen LogP contribution in [0.15, 0.2) is 59.7 Å². The molecule has 0 spiro atoms. The minimum atomic E-state index is -3.17. The lowest BCUT2D eigenvalue weighted by atomic mass is 10.2. The van der Waals surface area contributed by atoms with Crippen molar-refractivity contribution in [3.05, 3.63) is 75.9 Å². The number of benzene rings is 2. The summed E-state index contributed by atoms with van der Waals surface area (Å²) in [6.07, 6.45) is 2.97. The highest BCUT2D eigenvalue weighted by molar-refractivity contribution is 7.88. The molecular formula is C31H34ClN9O3S2. The van der Waals surface area contributed by atoms with E-state index < -0.39 is 10.0 Å². The van der Waals surface area contributed by atoms with Crippen LogP contribution in [0.1, 0.15) is 16.3 Å². The monoisotopic (exact) mass is 679 g/mol. The van der Waals surface area contributed by atoms with Gasteiger partial charge in [-0.05, 0) is 35.9 Å². The Hall–Kier alpha value is -3.66. The van der Waals surface area contributed by atoms with E-state index in [-0.39, 0.29) is 0 Å². The number of hydrogen-bond donors (Lipinski definition) is 1. The summed E-state index contributed by atoms with van der Waals surface area (Å²) in [6.45, 7) is 6.45. The van der Waals surface area contributed by atoms with E-state index in [1.54, 1.807) is 21.9 Å². The standard InChI is InChI=1S/C31H34ClN9O3S2/c1-46(42,43)40-11-9-38(10-12-40)21-24-18-26-29(45-24)30(39-13-15-44-16-14-39)36-31(35-26)37-33-19-28-34-25-7-2-3-8-27(25)41(28)20-22-5-4-6-23(32)17-22/h2-8,17-19H,9-16,20-21H2,1H3,(H,35,36,37)/b33-19+. The van der Waals surface area contributed by atoms with Gasteiger partial charge in [0.15, 0.2) is 11.6 Å². The third-order valence-corrected chi connectivity index (χ3v) is 10.8. The van der Waals surface area contributed by atoms with Crippen molar-refractivity contribution in [2.24, 2.45) is 5.10 Å². The molecule has 0 amide bonds. The van der Waals surface area contributed by atoms with Crippen molar-refractivity contribution in [2.75, 3.05) is 69.1 Å². The van der Waals surface area contributed by atoms with Crippen LogP contribution in [-0.2, 0) is 27.8 Å². The molecule has 0 atom stereocenters. The molecule has 0 bridgehead atoms. The average molecular weight is 680 g/mol. The van der Waals surface area contributed by atoms with Gasteiger partial charge in [0.2, 0.25) is 16.0 Å². The van der Waals surface area contributed by atoms with Gasteiger partial charge in [0.05, 0.1) is 46.9 Å². The predicted molar refractivity (Wildman–Crippen MR) is 184 cm³/mol. The molecule has 2 saturated heterocycles. The van der Waals surface area contributed by atoms with E-state index >= 15 is 0 Å². The number of para-hydroxylation sites is 2. The lowest BCUT2D eigenvalue weighted by Crippen LogP contribution is -2.47. The minimum absolute atomic E-state index is 0.397. The van der Waals surface area contributed by atoms with Crippen LogP contribution in [0.25, 0.3) is 21.3 Å². The number of ether oxygens (including phenoxy) is 1. The lowest BCUT2D eigenvalue weighted by Gasteiger charge is -2.32. The second-order valence-electron chi connectivity index (χ2n) is 11.4. The van der Waals surface area contributed by atoms with Gasteiger partial charge in [0, 0.05) is 62.3 Å². The number of hydrazone groups is 1. The maximum absolute atomic E-state index is 11.9. The minimum Gasteiger partial charge on any atom is -0.378 e. The number of rotatable bonds is 9. The van der Waals surface area contributed by atoms with Gasteiger partial charge in [0.1, 0.15) is 0 Å². The predicted octanol–water partition coefficient (Wildman–Crippen LogP) is 4.10. The van der Waals surface area contributed by atoms with E-state index in [0.29, 0.717) is 62.7 Å². The number of sulfonamides is 1. The molecule has 3 aromatic heterocycles. The summed E-state index contributed by atoms with van der Waals surface area (Å²) in [6, 6.07) is 17.9. The van der Waals surface area contributed by atoms with Crippen molar-refractivity contribution in [3.8, 4) is 0 Å². The largest absolute Gasteiger partial charge is 0.378 e. The molecule has 46 heavy (non-hydrogen) atoms. The Morgan fingerprint density at radius 1 is 0.957 bits per heavy atom. The number of anilines is 2. The molecule has 0 aliphatic carbocycles. The Morgan fingerprint density at radius 2 is 1.76 bits per heavy atom. The first-order valence-electron chi connectivity index (χ1n) is 15.1. The first-order chi connectivity index (χ1) is 22.3. The number of aromatic nitrogens is 4. The molecule has 2 aliphatic rings. The number of hydrogen-bond acceptors (Lipinski definition) is 11. The number of halogens is 1. The fraction of sp³-hybridized carbons (Fsp3) is 0.355. The van der Waals surface area contributed by atoms with Gasteiger partial charge in [-0.1, -0.05) is 35.9 Å². The molecule has 1 N–H and O–H groups in total. The number of nitrogens with one attached hydrogen (secondary N) is 1. The molecule has 5 heterocycles. The zero-order valence-electron chi connectivity index (χ0n) is 25.3. The third-order valence-electron chi connectivity index (χ3n) is 8.15. The van der Waals surface area contributed by atoms with Crippen LogP contribution >= 0.6 is 22.9 Å². The molecule has 2 fully saturated rings. The van der Waals surface area contributed by atoms with E-state index in [9.17, 15) is 8.42 Å². The van der Waals surface area contributed by atoms with Crippen LogP contribution in [0, 0.1) is 0 Å². The van der Waals surface area contributed by atoms with Crippen molar-refractivity contribution < 1.29 is 13.2 Å². The first kappa shape index (κ1) is 31.0. The number of fused-ring (bicyclic) bond motifs is 2. The van der Waals surface area contributed by atoms with Gasteiger partial charge in [-0.2, -0.15) is 14.4 Å². The Balaban J connectivity index is 1.15. The second kappa shape index (κ2) is 13.2. The lowest BCUT2D eigenvalue weighted by molar-refractivity contribution is 0.122. The van der Waals surface area contributed by atoms with Gasteiger partial charge in [-0.15, -0.1) is 11.3 Å². The maximum Gasteiger partial charge on any atom is 0.246 e. The smallest absolute Gasteiger partial charge is 0.246 e. The van der Waals surface area contributed by atoms with E-state index in [0.717, 1.165) is 57.1 Å². The molecule has 7 rings (SSSR count). The number of morpholine rings is 1. The van der Waals surface area contributed by atoms with Crippen molar-refractivity contribution >= 4 is 72.2 Å². The summed E-state index contributed by atoms with van der Waals surface area (Å²) in [5.41, 5.74) is 6.85. The summed E-state index contributed by atoms with van der Waals surface area (Å²) < 4.78 is 34.2. The first-order valence-corrected chi connectivity index (χ1v) is 18.1. The quantitative estimate of drug-likeness (QED) is 0.181. The van der Waals surface area contributed by atoms with Crippen molar-refractivity contribution in [3.63, 3.8) is 0 Å². The summed E-state index contributed by atoms with van der Waals surface area (Å²) in [5, 5.41) is 5.22. The van der Waals surface area contributed by atoms with Crippen LogP contribution < -0.4 is 10.3 Å². The zero-order chi connectivity index (χ0) is 31.7. The molecular weight excluding hydrogens is 646 g/mol. The molecule has 0 unspecified atom stereocenters. The second-order valence-corrected chi connectivity index (χ2v) is 14.9. The topological polar surface area (TPSA) is 121 Å². The molecule has 12 nitrogen and oxygen atoms in total. The van der Waals surface area contributed by atoms with Crippen LogP contribution in [0.3, 0.4) is 0 Å². The van der Waals surface area contributed by atoms with Gasteiger partial charge in [-0.3, -0.25) is 4.90 Å². The van der Waals surface area contributed by atoms with E-state index in [4.69, 9.17) is 31.3 Å². The van der Waals surface area contributed by atoms with Crippen molar-refractivity contribution in [1.29, 1.82) is 0 Å². The van der Waals surface area contributed by atoms with E-state index in [1.807, 2.05) is 48.5 Å². The SMILES string of the molecule is CS(=O)(=O)N1CCN(Cc2cc3nc(N/N=C/c4nc5ccccc5n4Cc4cccc(Cl)c4)nc(N4CCOCC4)c3s2)CC1. The van der Waals surface area contributed by atoms with Gasteiger partial charge >= 0.3 is 0 Å². The van der Waals surface area contributed by atoms with Gasteiger partial charge in [0.25, 0.3) is 0 Å². The molecule has 2 aromatic carbocycles. The average Bonchev–Trinajstić information content (AvgIpc) is 3.61. The molecule has 15 heteroatoms. The van der Waals surface area contributed by atoms with Crippen molar-refractivity contribution in [1.82, 2.24) is 28.7 Å². The van der Waals surface area contributed by atoms with E-state index in [2.05, 4.69) is 31.0 Å². The zero-order valence-corrected chi connectivity index (χ0v) is 27.7. The number of imidazole rings is 1.